The Morgan fingerprint density at radius 3 is 2.94 bits per heavy atom. The van der Waals surface area contributed by atoms with Gasteiger partial charge in [-0.25, -0.2) is 4.98 Å². The van der Waals surface area contributed by atoms with E-state index in [4.69, 9.17) is 22.2 Å². The third-order valence-corrected chi connectivity index (χ3v) is 8.01. The van der Waals surface area contributed by atoms with E-state index >= 15 is 0 Å². The summed E-state index contributed by atoms with van der Waals surface area (Å²) in [6, 6.07) is 0.799. The molecule has 0 spiro atoms. The normalized spacial score (nSPS) is 19.8. The number of nitrogens with zero attached hydrogens (tertiary/aromatic N) is 5. The van der Waals surface area contributed by atoms with Crippen molar-refractivity contribution in [1.29, 1.82) is 0 Å². The molecule has 36 heavy (non-hydrogen) atoms. The summed E-state index contributed by atoms with van der Waals surface area (Å²) in [6.45, 7) is 0.220. The SMILES string of the molecule is CO/N=C(\C(=O)N[C@@H]1C(=O)N2C(C(=O)[O-])=C(Cn3cc[n+]4ccc(Cl)c-4c3)CS[C@@H]12)c1csc(N)n1. The minimum atomic E-state index is -1.46. The van der Waals surface area contributed by atoms with Gasteiger partial charge in [0, 0.05) is 23.7 Å². The largest absolute Gasteiger partial charge is 0.543 e. The number of hydrogen-bond donors (Lipinski definition) is 2. The second-order valence-electron chi connectivity index (χ2n) is 7.85. The van der Waals surface area contributed by atoms with Gasteiger partial charge in [0.25, 0.3) is 11.8 Å². The third kappa shape index (κ3) is 4.16. The van der Waals surface area contributed by atoms with Crippen LogP contribution in [0.4, 0.5) is 5.13 Å². The molecule has 0 unspecified atom stereocenters. The molecule has 0 saturated carbocycles. The zero-order chi connectivity index (χ0) is 25.6. The van der Waals surface area contributed by atoms with Crippen LogP contribution < -0.4 is 20.7 Å². The van der Waals surface area contributed by atoms with Crippen molar-refractivity contribution in [3.8, 4) is 5.69 Å². The average Bonchev–Trinajstić information content (AvgIpc) is 3.45. The van der Waals surface area contributed by atoms with E-state index in [2.05, 4.69) is 15.5 Å². The second-order valence-corrected chi connectivity index (χ2v) is 10.3. The molecule has 3 N–H and O–H groups in total. The van der Waals surface area contributed by atoms with Gasteiger partial charge in [0.05, 0.1) is 24.1 Å². The predicted octanol–water partition coefficient (Wildman–Crippen LogP) is -0.651. The smallest absolute Gasteiger partial charge is 0.276 e. The number of hydrogen-bond acceptors (Lipinski definition) is 10. The lowest BCUT2D eigenvalue weighted by Crippen LogP contribution is -2.71. The summed E-state index contributed by atoms with van der Waals surface area (Å²) < 4.78 is 3.63. The molecule has 0 aromatic carbocycles. The summed E-state index contributed by atoms with van der Waals surface area (Å²) in [7, 11) is 1.27. The number of nitrogen functional groups attached to an aromatic ring is 1. The molecule has 1 aromatic heterocycles. The van der Waals surface area contributed by atoms with Gasteiger partial charge in [-0.3, -0.25) is 14.5 Å². The molecule has 1 fully saturated rings. The zero-order valence-corrected chi connectivity index (χ0v) is 21.0. The van der Waals surface area contributed by atoms with Crippen molar-refractivity contribution >= 4 is 63.3 Å². The predicted molar refractivity (Wildman–Crippen MR) is 129 cm³/mol. The Hall–Kier alpha value is -3.62. The molecular formula is C21H18ClN7O5S2. The number of aliphatic carboxylic acids is 1. The zero-order valence-electron chi connectivity index (χ0n) is 18.6. The maximum absolute atomic E-state index is 13.0. The van der Waals surface area contributed by atoms with Crippen LogP contribution in [0, 0.1) is 0 Å². The number of anilines is 1. The van der Waals surface area contributed by atoms with Crippen LogP contribution in [0.1, 0.15) is 5.69 Å². The molecule has 12 nitrogen and oxygen atoms in total. The molecule has 0 radical (unpaired) electrons. The van der Waals surface area contributed by atoms with Gasteiger partial charge in [0.15, 0.2) is 23.2 Å². The molecule has 2 atom stereocenters. The number of oxime groups is 1. The van der Waals surface area contributed by atoms with Crippen molar-refractivity contribution in [2.75, 3.05) is 18.6 Å². The number of aromatic nitrogens is 3. The molecule has 5 heterocycles. The first-order chi connectivity index (χ1) is 17.3. The number of β-lactam (4-membered cyclic amide) rings is 1. The van der Waals surface area contributed by atoms with E-state index in [0.29, 0.717) is 16.3 Å². The fraction of sp³-hybridized carbons (Fsp3) is 0.238. The van der Waals surface area contributed by atoms with Gasteiger partial charge in [-0.1, -0.05) is 16.8 Å². The monoisotopic (exact) mass is 547 g/mol. The van der Waals surface area contributed by atoms with E-state index in [9.17, 15) is 19.5 Å². The molecule has 15 heteroatoms. The number of thioether (sulfide) groups is 1. The Morgan fingerprint density at radius 1 is 1.44 bits per heavy atom. The highest BCUT2D eigenvalue weighted by Gasteiger charge is 2.53. The number of nitrogens with two attached hydrogens (primary N) is 1. The first-order valence-electron chi connectivity index (χ1n) is 10.4. The molecule has 1 aromatic rings. The Labute approximate surface area is 217 Å². The molecule has 4 aliphatic rings. The Bertz CT molecular complexity index is 1420. The number of carbonyl (C=O) groups is 3. The van der Waals surface area contributed by atoms with Gasteiger partial charge in [-0.15, -0.1) is 23.1 Å². The van der Waals surface area contributed by atoms with Crippen molar-refractivity contribution in [1.82, 2.24) is 19.8 Å². The van der Waals surface area contributed by atoms with Gasteiger partial charge in [0.2, 0.25) is 5.69 Å². The van der Waals surface area contributed by atoms with E-state index < -0.39 is 29.2 Å². The lowest BCUT2D eigenvalue weighted by molar-refractivity contribution is -0.593. The van der Waals surface area contributed by atoms with Crippen LogP contribution in [0.3, 0.4) is 0 Å². The van der Waals surface area contributed by atoms with Crippen molar-refractivity contribution < 1.29 is 28.9 Å². The van der Waals surface area contributed by atoms with Crippen molar-refractivity contribution in [2.45, 2.75) is 18.0 Å². The van der Waals surface area contributed by atoms with E-state index in [1.54, 1.807) is 29.2 Å². The van der Waals surface area contributed by atoms with Gasteiger partial charge >= 0.3 is 0 Å². The molecule has 4 aliphatic heterocycles. The van der Waals surface area contributed by atoms with Crippen LogP contribution in [0.5, 0.6) is 0 Å². The number of nitrogens with one attached hydrogen (secondary N) is 1. The Kier molecular flexibility index (Phi) is 6.32. The lowest BCUT2D eigenvalue weighted by atomic mass is 10.0. The molecular weight excluding hydrogens is 530 g/mol. The number of carboxylic acids is 1. The number of carbonyl (C=O) groups excluding carboxylic acids is 3. The number of amides is 2. The van der Waals surface area contributed by atoms with E-state index in [0.717, 1.165) is 21.9 Å². The summed E-state index contributed by atoms with van der Waals surface area (Å²) in [6.07, 6.45) is 7.19. The van der Waals surface area contributed by atoms with Crippen LogP contribution in [0.2, 0.25) is 5.02 Å². The summed E-state index contributed by atoms with van der Waals surface area (Å²) in [5.74, 6) is -2.41. The Morgan fingerprint density at radius 2 is 2.25 bits per heavy atom. The van der Waals surface area contributed by atoms with Crippen LogP contribution in [-0.2, 0) is 25.8 Å². The maximum atomic E-state index is 13.0. The molecule has 2 amide bonds. The standard InChI is InChI=1S/C21H18ClN7O5S2/c1-34-26-14(12-9-36-21(23)24-12)17(30)25-15-18(31)29-16(20(32)33)10(8-35-19(15)29)6-27-4-5-28-3-2-11(22)13(28)7-27/h2-5,7,9,15,19H,6,8H2,1H3,(H3-,23,24,25,30,32,33)/b26-14-/t15-,19+/m1/s1. The number of thiazole rings is 1. The van der Waals surface area contributed by atoms with E-state index in [1.165, 1.54) is 24.3 Å². The van der Waals surface area contributed by atoms with Crippen LogP contribution >= 0.6 is 34.7 Å². The minimum Gasteiger partial charge on any atom is -0.543 e. The molecule has 0 aliphatic carbocycles. The molecule has 0 bridgehead atoms. The number of halogens is 1. The van der Waals surface area contributed by atoms with E-state index in [-0.39, 0.29) is 28.8 Å². The van der Waals surface area contributed by atoms with Crippen LogP contribution in [0.25, 0.3) is 5.69 Å². The summed E-state index contributed by atoms with van der Waals surface area (Å²) in [5, 5.41) is 20.1. The van der Waals surface area contributed by atoms with Crippen LogP contribution in [-0.4, -0.2) is 62.2 Å². The molecule has 1 saturated heterocycles. The van der Waals surface area contributed by atoms with Crippen molar-refractivity contribution in [3.63, 3.8) is 0 Å². The quantitative estimate of drug-likeness (QED) is 0.171. The topological polar surface area (TPSA) is 159 Å². The van der Waals surface area contributed by atoms with Gasteiger partial charge in [-0.05, 0) is 5.57 Å². The second kappa shape index (κ2) is 9.44. The fourth-order valence-corrected chi connectivity index (χ4v) is 6.15. The van der Waals surface area contributed by atoms with Gasteiger partial charge < -0.3 is 30.4 Å². The lowest BCUT2D eigenvalue weighted by Gasteiger charge is -2.50. The summed E-state index contributed by atoms with van der Waals surface area (Å²) in [5.41, 5.74) is 6.76. The summed E-state index contributed by atoms with van der Waals surface area (Å²) in [4.78, 5) is 47.9. The van der Waals surface area contributed by atoms with Gasteiger partial charge in [-0.2, -0.15) is 4.57 Å². The minimum absolute atomic E-state index is 0.148. The molecule has 186 valence electrons. The first-order valence-corrected chi connectivity index (χ1v) is 12.8. The number of fused-ring (bicyclic) bond motifs is 2. The number of carboxylic acid groups (broad SMARTS) is 1. The highest BCUT2D eigenvalue weighted by molar-refractivity contribution is 8.00. The average molecular weight is 548 g/mol. The Balaban J connectivity index is 1.36. The van der Waals surface area contributed by atoms with Gasteiger partial charge in [0.1, 0.15) is 29.2 Å². The van der Waals surface area contributed by atoms with Crippen LogP contribution in [0.15, 0.2) is 52.7 Å². The van der Waals surface area contributed by atoms with Crippen molar-refractivity contribution in [2.24, 2.45) is 5.16 Å². The first kappa shape index (κ1) is 24.1. The van der Waals surface area contributed by atoms with Crippen molar-refractivity contribution in [3.05, 3.63) is 58.2 Å². The maximum Gasteiger partial charge on any atom is 0.276 e. The number of rotatable bonds is 7. The third-order valence-electron chi connectivity index (χ3n) is 5.67. The summed E-state index contributed by atoms with van der Waals surface area (Å²) >= 11 is 8.67. The molecule has 5 rings (SSSR count). The van der Waals surface area contributed by atoms with E-state index in [1.807, 2.05) is 10.8 Å². The highest BCUT2D eigenvalue weighted by Crippen LogP contribution is 2.40. The highest BCUT2D eigenvalue weighted by atomic mass is 35.5. The fourth-order valence-electron chi connectivity index (χ4n) is 4.06.